The number of ether oxygens (including phenoxy) is 1. The van der Waals surface area contributed by atoms with Crippen LogP contribution in [0.5, 0.6) is 5.75 Å². The van der Waals surface area contributed by atoms with Crippen LogP contribution < -0.4 is 16.0 Å². The van der Waals surface area contributed by atoms with Crippen molar-refractivity contribution in [3.05, 3.63) is 64.4 Å². The molecule has 0 aliphatic heterocycles. The van der Waals surface area contributed by atoms with E-state index in [1.807, 2.05) is 61.0 Å². The molecule has 0 amide bonds. The SMILES string of the molecule is CN=C(N)c1c(SC)nc(-c2ccc(OC)cc2)n(-c2ccc(SC)cc2)c1=O. The van der Waals surface area contributed by atoms with Gasteiger partial charge in [0, 0.05) is 17.5 Å². The Morgan fingerprint density at radius 1 is 1.07 bits per heavy atom. The van der Waals surface area contributed by atoms with Crippen LogP contribution in [0.3, 0.4) is 0 Å². The number of rotatable bonds is 6. The monoisotopic (exact) mass is 426 g/mol. The summed E-state index contributed by atoms with van der Waals surface area (Å²) in [6.45, 7) is 0. The molecule has 29 heavy (non-hydrogen) atoms. The minimum atomic E-state index is -0.254. The average Bonchev–Trinajstić information content (AvgIpc) is 2.78. The van der Waals surface area contributed by atoms with Crippen molar-refractivity contribution in [1.29, 1.82) is 0 Å². The Kier molecular flexibility index (Phi) is 6.66. The zero-order valence-corrected chi connectivity index (χ0v) is 18.3. The lowest BCUT2D eigenvalue weighted by Gasteiger charge is -2.17. The van der Waals surface area contributed by atoms with E-state index in [0.717, 1.165) is 16.2 Å². The summed E-state index contributed by atoms with van der Waals surface area (Å²) in [6.07, 6.45) is 3.87. The fourth-order valence-corrected chi connectivity index (χ4v) is 3.87. The summed E-state index contributed by atoms with van der Waals surface area (Å²) in [5.74, 6) is 1.44. The molecular weight excluding hydrogens is 404 g/mol. The number of aliphatic imine (C=N–C) groups is 1. The molecule has 8 heteroatoms. The van der Waals surface area contributed by atoms with Gasteiger partial charge >= 0.3 is 0 Å². The third-order valence-corrected chi connectivity index (χ3v) is 5.84. The first kappa shape index (κ1) is 21.0. The Balaban J connectivity index is 2.35. The van der Waals surface area contributed by atoms with E-state index in [0.29, 0.717) is 22.1 Å². The summed E-state index contributed by atoms with van der Waals surface area (Å²) < 4.78 is 6.83. The second kappa shape index (κ2) is 9.19. The van der Waals surface area contributed by atoms with Crippen LogP contribution in [0.2, 0.25) is 0 Å². The van der Waals surface area contributed by atoms with Crippen LogP contribution >= 0.6 is 23.5 Å². The minimum Gasteiger partial charge on any atom is -0.497 e. The van der Waals surface area contributed by atoms with E-state index in [2.05, 4.69) is 4.99 Å². The van der Waals surface area contributed by atoms with Crippen molar-refractivity contribution in [2.75, 3.05) is 26.7 Å². The highest BCUT2D eigenvalue weighted by Crippen LogP contribution is 2.27. The van der Waals surface area contributed by atoms with E-state index in [4.69, 9.17) is 15.5 Å². The van der Waals surface area contributed by atoms with Crippen LogP contribution in [0, 0.1) is 0 Å². The summed E-state index contributed by atoms with van der Waals surface area (Å²) in [5.41, 5.74) is 7.62. The van der Waals surface area contributed by atoms with Gasteiger partial charge < -0.3 is 10.5 Å². The molecule has 1 heterocycles. The molecule has 150 valence electrons. The van der Waals surface area contributed by atoms with Crippen molar-refractivity contribution < 1.29 is 4.74 Å². The molecule has 0 aliphatic rings. The molecule has 0 radical (unpaired) electrons. The Hall–Kier alpha value is -2.71. The number of methoxy groups -OCH3 is 1. The first-order chi connectivity index (χ1) is 14.0. The Morgan fingerprint density at radius 3 is 2.24 bits per heavy atom. The fourth-order valence-electron chi connectivity index (χ4n) is 2.88. The van der Waals surface area contributed by atoms with E-state index >= 15 is 0 Å². The Morgan fingerprint density at radius 2 is 1.72 bits per heavy atom. The fraction of sp³-hybridized carbons (Fsp3) is 0.190. The molecule has 0 aliphatic carbocycles. The molecule has 6 nitrogen and oxygen atoms in total. The van der Waals surface area contributed by atoms with Gasteiger partial charge in [-0.3, -0.25) is 14.4 Å². The van der Waals surface area contributed by atoms with Gasteiger partial charge in [-0.05, 0) is 61.0 Å². The van der Waals surface area contributed by atoms with Crippen molar-refractivity contribution in [3.63, 3.8) is 0 Å². The molecule has 3 rings (SSSR count). The topological polar surface area (TPSA) is 82.5 Å². The number of benzene rings is 2. The lowest BCUT2D eigenvalue weighted by Crippen LogP contribution is -2.32. The van der Waals surface area contributed by atoms with Crippen LogP contribution in [0.4, 0.5) is 0 Å². The van der Waals surface area contributed by atoms with Gasteiger partial charge in [0.1, 0.15) is 28.0 Å². The number of nitrogens with two attached hydrogens (primary N) is 1. The van der Waals surface area contributed by atoms with Crippen LogP contribution in [-0.2, 0) is 0 Å². The number of hydrogen-bond acceptors (Lipinski definition) is 6. The predicted molar refractivity (Wildman–Crippen MR) is 122 cm³/mol. The standard InChI is InChI=1S/C21H22N4O2S2/c1-23-18(22)17-20(29-4)24-19(13-5-9-15(27-2)10-6-13)25(21(17)26)14-7-11-16(28-3)12-8-14/h5-12H,1-4H3,(H2,22,23). The minimum absolute atomic E-state index is 0.169. The average molecular weight is 427 g/mol. The van der Waals surface area contributed by atoms with Gasteiger partial charge in [0.25, 0.3) is 5.56 Å². The van der Waals surface area contributed by atoms with Gasteiger partial charge in [-0.1, -0.05) is 0 Å². The van der Waals surface area contributed by atoms with Crippen LogP contribution in [-0.4, -0.2) is 42.1 Å². The van der Waals surface area contributed by atoms with Crippen LogP contribution in [0.15, 0.2) is 68.2 Å². The molecule has 3 aromatic rings. The van der Waals surface area contributed by atoms with E-state index in [1.165, 1.54) is 11.8 Å². The van der Waals surface area contributed by atoms with E-state index in [9.17, 15) is 4.79 Å². The molecule has 0 atom stereocenters. The number of thioether (sulfide) groups is 2. The molecule has 0 spiro atoms. The molecule has 0 saturated heterocycles. The van der Waals surface area contributed by atoms with Crippen molar-refractivity contribution >= 4 is 29.4 Å². The van der Waals surface area contributed by atoms with Gasteiger partial charge in [-0.15, -0.1) is 23.5 Å². The zero-order chi connectivity index (χ0) is 21.0. The smallest absolute Gasteiger partial charge is 0.270 e. The highest BCUT2D eigenvalue weighted by molar-refractivity contribution is 7.98. The molecule has 2 aromatic carbocycles. The number of hydrogen-bond donors (Lipinski definition) is 1. The molecule has 0 fully saturated rings. The Bertz CT molecular complexity index is 1090. The second-order valence-corrected chi connectivity index (χ2v) is 7.67. The Labute approximate surface area is 178 Å². The van der Waals surface area contributed by atoms with Crippen molar-refractivity contribution in [2.45, 2.75) is 9.92 Å². The zero-order valence-electron chi connectivity index (χ0n) is 16.7. The van der Waals surface area contributed by atoms with Crippen LogP contribution in [0.25, 0.3) is 17.1 Å². The maximum atomic E-state index is 13.5. The highest BCUT2D eigenvalue weighted by Gasteiger charge is 2.21. The van der Waals surface area contributed by atoms with Crippen LogP contribution in [0.1, 0.15) is 5.56 Å². The quantitative estimate of drug-likeness (QED) is 0.280. The van der Waals surface area contributed by atoms with Crippen molar-refractivity contribution in [2.24, 2.45) is 10.7 Å². The molecule has 0 saturated carbocycles. The van der Waals surface area contributed by atoms with Gasteiger partial charge in [0.05, 0.1) is 12.8 Å². The third-order valence-electron chi connectivity index (χ3n) is 4.42. The van der Waals surface area contributed by atoms with E-state index < -0.39 is 0 Å². The summed E-state index contributed by atoms with van der Waals surface area (Å²) >= 11 is 3.01. The summed E-state index contributed by atoms with van der Waals surface area (Å²) in [6, 6.07) is 15.2. The summed E-state index contributed by atoms with van der Waals surface area (Å²) in [7, 11) is 3.18. The van der Waals surface area contributed by atoms with E-state index in [-0.39, 0.29) is 11.4 Å². The summed E-state index contributed by atoms with van der Waals surface area (Å²) in [4.78, 5) is 23.5. The molecule has 0 unspecified atom stereocenters. The third kappa shape index (κ3) is 4.18. The highest BCUT2D eigenvalue weighted by atomic mass is 32.2. The van der Waals surface area contributed by atoms with Gasteiger partial charge in [-0.2, -0.15) is 0 Å². The lowest BCUT2D eigenvalue weighted by atomic mass is 10.1. The van der Waals surface area contributed by atoms with Crippen molar-refractivity contribution in [3.8, 4) is 22.8 Å². The maximum absolute atomic E-state index is 13.5. The number of nitrogens with zero attached hydrogens (tertiary/aromatic N) is 3. The van der Waals surface area contributed by atoms with E-state index in [1.54, 1.807) is 30.5 Å². The largest absolute Gasteiger partial charge is 0.497 e. The molecule has 0 bridgehead atoms. The molecule has 2 N–H and O–H groups in total. The van der Waals surface area contributed by atoms with Gasteiger partial charge in [0.15, 0.2) is 0 Å². The second-order valence-electron chi connectivity index (χ2n) is 6.00. The molecular formula is C21H22N4O2S2. The van der Waals surface area contributed by atoms with Gasteiger partial charge in [-0.25, -0.2) is 4.98 Å². The molecule has 1 aromatic heterocycles. The normalized spacial score (nSPS) is 11.5. The van der Waals surface area contributed by atoms with Crippen molar-refractivity contribution in [1.82, 2.24) is 9.55 Å². The maximum Gasteiger partial charge on any atom is 0.270 e. The number of aromatic nitrogens is 2. The first-order valence-corrected chi connectivity index (χ1v) is 11.2. The summed E-state index contributed by atoms with van der Waals surface area (Å²) in [5, 5.41) is 0.543. The first-order valence-electron chi connectivity index (χ1n) is 8.76. The lowest BCUT2D eigenvalue weighted by molar-refractivity contribution is 0.415. The van der Waals surface area contributed by atoms with Gasteiger partial charge in [0.2, 0.25) is 0 Å². The number of amidine groups is 1. The predicted octanol–water partition coefficient (Wildman–Crippen LogP) is 3.69.